The molecule has 0 aromatic heterocycles. The van der Waals surface area contributed by atoms with E-state index in [0.29, 0.717) is 11.2 Å². The van der Waals surface area contributed by atoms with E-state index in [4.69, 9.17) is 0 Å². The van der Waals surface area contributed by atoms with E-state index in [1.165, 1.54) is 5.56 Å². The molecule has 0 saturated carbocycles. The predicted molar refractivity (Wildman–Crippen MR) is 83.8 cm³/mol. The molecule has 2 aliphatic rings. The van der Waals surface area contributed by atoms with Crippen molar-refractivity contribution in [3.63, 3.8) is 0 Å². The maximum absolute atomic E-state index is 12.8. The first-order valence-corrected chi connectivity index (χ1v) is 8.50. The van der Waals surface area contributed by atoms with Crippen LogP contribution in [0.5, 0.6) is 0 Å². The summed E-state index contributed by atoms with van der Waals surface area (Å²) in [6, 6.07) is 10.7. The molecule has 1 amide bonds. The molecule has 2 heterocycles. The third-order valence-electron chi connectivity index (χ3n) is 4.33. The minimum absolute atomic E-state index is 0.177. The van der Waals surface area contributed by atoms with E-state index in [1.54, 1.807) is 0 Å². The molecule has 1 aromatic carbocycles. The lowest BCUT2D eigenvalue weighted by Gasteiger charge is -2.41. The summed E-state index contributed by atoms with van der Waals surface area (Å²) in [5.74, 6) is 1.57. The molecule has 1 N–H and O–H groups in total. The van der Waals surface area contributed by atoms with Crippen molar-refractivity contribution < 1.29 is 4.79 Å². The SMILES string of the molecule is CC1SCCN(C(=O)C2CCNC2)C1c1ccccc1. The molecule has 4 heteroatoms. The fourth-order valence-corrected chi connectivity index (χ4v) is 4.43. The summed E-state index contributed by atoms with van der Waals surface area (Å²) in [6.07, 6.45) is 0.984. The zero-order valence-electron chi connectivity index (χ0n) is 11.9. The molecule has 108 valence electrons. The third-order valence-corrected chi connectivity index (χ3v) is 5.53. The van der Waals surface area contributed by atoms with Crippen molar-refractivity contribution in [1.29, 1.82) is 0 Å². The Hall–Kier alpha value is -1.00. The highest BCUT2D eigenvalue weighted by Gasteiger charge is 2.37. The van der Waals surface area contributed by atoms with Crippen LogP contribution in [0.15, 0.2) is 30.3 Å². The first kappa shape index (κ1) is 14.0. The maximum Gasteiger partial charge on any atom is 0.227 e. The number of nitrogens with one attached hydrogen (secondary N) is 1. The van der Waals surface area contributed by atoms with Crippen molar-refractivity contribution in [2.24, 2.45) is 5.92 Å². The van der Waals surface area contributed by atoms with Gasteiger partial charge in [-0.05, 0) is 18.5 Å². The van der Waals surface area contributed by atoms with E-state index in [-0.39, 0.29) is 12.0 Å². The quantitative estimate of drug-likeness (QED) is 0.907. The summed E-state index contributed by atoms with van der Waals surface area (Å²) in [5.41, 5.74) is 1.27. The summed E-state index contributed by atoms with van der Waals surface area (Å²) in [7, 11) is 0. The molecular weight excluding hydrogens is 268 g/mol. The van der Waals surface area contributed by atoms with Crippen LogP contribution in [0.2, 0.25) is 0 Å². The van der Waals surface area contributed by atoms with Crippen LogP contribution in [-0.2, 0) is 4.79 Å². The number of rotatable bonds is 2. The predicted octanol–water partition coefficient (Wildman–Crippen LogP) is 2.30. The number of carbonyl (C=O) groups is 1. The fourth-order valence-electron chi connectivity index (χ4n) is 3.27. The summed E-state index contributed by atoms with van der Waals surface area (Å²) in [5, 5.41) is 3.77. The molecule has 2 fully saturated rings. The lowest BCUT2D eigenvalue weighted by molar-refractivity contribution is -0.137. The standard InChI is InChI=1S/C16H22N2OS/c1-12-15(13-5-3-2-4-6-13)18(9-10-20-12)16(19)14-7-8-17-11-14/h2-6,12,14-15,17H,7-11H2,1H3. The number of thioether (sulfide) groups is 1. The molecule has 0 aliphatic carbocycles. The van der Waals surface area contributed by atoms with Crippen molar-refractivity contribution in [3.8, 4) is 0 Å². The van der Waals surface area contributed by atoms with Crippen molar-refractivity contribution in [2.45, 2.75) is 24.6 Å². The molecule has 0 radical (unpaired) electrons. The largest absolute Gasteiger partial charge is 0.333 e. The highest BCUT2D eigenvalue weighted by Crippen LogP contribution is 2.37. The lowest BCUT2D eigenvalue weighted by atomic mass is 9.99. The Kier molecular flexibility index (Phi) is 4.32. The lowest BCUT2D eigenvalue weighted by Crippen LogP contribution is -2.46. The van der Waals surface area contributed by atoms with Gasteiger partial charge >= 0.3 is 0 Å². The van der Waals surface area contributed by atoms with E-state index in [9.17, 15) is 4.79 Å². The van der Waals surface area contributed by atoms with Gasteiger partial charge in [0.1, 0.15) is 0 Å². The Bertz CT molecular complexity index is 459. The number of hydrogen-bond acceptors (Lipinski definition) is 3. The van der Waals surface area contributed by atoms with Gasteiger partial charge in [-0.25, -0.2) is 0 Å². The molecule has 0 bridgehead atoms. The first-order chi connectivity index (χ1) is 9.77. The Balaban J connectivity index is 1.84. The molecule has 0 spiro atoms. The van der Waals surface area contributed by atoms with E-state index in [0.717, 1.165) is 31.8 Å². The average Bonchev–Trinajstić information content (AvgIpc) is 3.01. The molecule has 3 rings (SSSR count). The molecule has 3 atom stereocenters. The first-order valence-electron chi connectivity index (χ1n) is 7.45. The van der Waals surface area contributed by atoms with Crippen LogP contribution in [0, 0.1) is 5.92 Å². The number of benzene rings is 1. The zero-order valence-corrected chi connectivity index (χ0v) is 12.7. The number of hydrogen-bond donors (Lipinski definition) is 1. The van der Waals surface area contributed by atoms with Crippen molar-refractivity contribution in [3.05, 3.63) is 35.9 Å². The molecular formula is C16H22N2OS. The van der Waals surface area contributed by atoms with Crippen LogP contribution < -0.4 is 5.32 Å². The molecule has 2 aliphatic heterocycles. The van der Waals surface area contributed by atoms with Gasteiger partial charge in [-0.2, -0.15) is 11.8 Å². The summed E-state index contributed by atoms with van der Waals surface area (Å²) in [6.45, 7) is 4.95. The second-order valence-corrected chi connectivity index (χ2v) is 7.14. The molecule has 2 saturated heterocycles. The Morgan fingerprint density at radius 1 is 1.35 bits per heavy atom. The molecule has 20 heavy (non-hydrogen) atoms. The summed E-state index contributed by atoms with van der Waals surface area (Å²) < 4.78 is 0. The Labute approximate surface area is 125 Å². The second-order valence-electron chi connectivity index (χ2n) is 5.65. The second kappa shape index (κ2) is 6.19. The van der Waals surface area contributed by atoms with Crippen LogP contribution in [0.25, 0.3) is 0 Å². The minimum atomic E-state index is 0.177. The molecule has 3 unspecified atom stereocenters. The van der Waals surface area contributed by atoms with E-state index < -0.39 is 0 Å². The van der Waals surface area contributed by atoms with Crippen LogP contribution in [0.3, 0.4) is 0 Å². The monoisotopic (exact) mass is 290 g/mol. The van der Waals surface area contributed by atoms with Crippen molar-refractivity contribution in [2.75, 3.05) is 25.4 Å². The maximum atomic E-state index is 12.8. The van der Waals surface area contributed by atoms with Gasteiger partial charge in [-0.15, -0.1) is 0 Å². The van der Waals surface area contributed by atoms with Gasteiger partial charge in [0, 0.05) is 24.1 Å². The molecule has 1 aromatic rings. The van der Waals surface area contributed by atoms with Gasteiger partial charge in [0.05, 0.1) is 12.0 Å². The van der Waals surface area contributed by atoms with Gasteiger partial charge in [-0.1, -0.05) is 37.3 Å². The van der Waals surface area contributed by atoms with E-state index in [2.05, 4.69) is 41.4 Å². The summed E-state index contributed by atoms with van der Waals surface area (Å²) >= 11 is 1.98. The Morgan fingerprint density at radius 2 is 2.15 bits per heavy atom. The van der Waals surface area contributed by atoms with Gasteiger partial charge < -0.3 is 10.2 Å². The van der Waals surface area contributed by atoms with Crippen LogP contribution >= 0.6 is 11.8 Å². The normalized spacial score (nSPS) is 30.4. The highest BCUT2D eigenvalue weighted by molar-refractivity contribution is 8.00. The average molecular weight is 290 g/mol. The third kappa shape index (κ3) is 2.72. The fraction of sp³-hybridized carbons (Fsp3) is 0.562. The smallest absolute Gasteiger partial charge is 0.227 e. The van der Waals surface area contributed by atoms with Crippen LogP contribution in [-0.4, -0.2) is 41.4 Å². The van der Waals surface area contributed by atoms with Crippen molar-refractivity contribution in [1.82, 2.24) is 10.2 Å². The molecule has 3 nitrogen and oxygen atoms in total. The zero-order chi connectivity index (χ0) is 13.9. The highest BCUT2D eigenvalue weighted by atomic mass is 32.2. The van der Waals surface area contributed by atoms with E-state index >= 15 is 0 Å². The Morgan fingerprint density at radius 3 is 2.85 bits per heavy atom. The minimum Gasteiger partial charge on any atom is -0.333 e. The van der Waals surface area contributed by atoms with Crippen LogP contribution in [0.4, 0.5) is 0 Å². The van der Waals surface area contributed by atoms with E-state index in [1.807, 2.05) is 17.8 Å². The topological polar surface area (TPSA) is 32.3 Å². The number of nitrogens with zero attached hydrogens (tertiary/aromatic N) is 1. The number of carbonyl (C=O) groups excluding carboxylic acids is 1. The van der Waals surface area contributed by atoms with Crippen molar-refractivity contribution >= 4 is 17.7 Å². The van der Waals surface area contributed by atoms with Gasteiger partial charge in [0.15, 0.2) is 0 Å². The van der Waals surface area contributed by atoms with Gasteiger partial charge in [0.2, 0.25) is 5.91 Å². The summed E-state index contributed by atoms with van der Waals surface area (Å²) in [4.78, 5) is 14.9. The number of amides is 1. The van der Waals surface area contributed by atoms with Crippen LogP contribution in [0.1, 0.15) is 24.9 Å². The van der Waals surface area contributed by atoms with Gasteiger partial charge in [-0.3, -0.25) is 4.79 Å². The van der Waals surface area contributed by atoms with Gasteiger partial charge in [0.25, 0.3) is 0 Å².